The van der Waals surface area contributed by atoms with E-state index >= 15 is 0 Å². The van der Waals surface area contributed by atoms with Crippen LogP contribution in [0.2, 0.25) is 5.02 Å². The summed E-state index contributed by atoms with van der Waals surface area (Å²) < 4.78 is 13.7. The zero-order chi connectivity index (χ0) is 14.5. The molecule has 0 aliphatic heterocycles. The van der Waals surface area contributed by atoms with E-state index in [0.29, 0.717) is 23.7 Å². The van der Waals surface area contributed by atoms with Crippen molar-refractivity contribution in [3.63, 3.8) is 0 Å². The molecule has 0 amide bonds. The van der Waals surface area contributed by atoms with E-state index in [2.05, 4.69) is 0 Å². The minimum absolute atomic E-state index is 0.321. The highest BCUT2D eigenvalue weighted by molar-refractivity contribution is 6.31. The van der Waals surface area contributed by atoms with Crippen molar-refractivity contribution in [1.82, 2.24) is 4.90 Å². The van der Waals surface area contributed by atoms with Crippen molar-refractivity contribution in [1.29, 1.82) is 0 Å². The van der Waals surface area contributed by atoms with Gasteiger partial charge in [0.1, 0.15) is 5.82 Å². The molecule has 0 radical (unpaired) electrons. The number of halogens is 2. The molecule has 1 atom stereocenters. The first-order valence-electron chi connectivity index (χ1n) is 6.42. The Morgan fingerprint density at radius 3 is 2.50 bits per heavy atom. The number of aliphatic hydroxyl groups excluding tert-OH is 1. The summed E-state index contributed by atoms with van der Waals surface area (Å²) >= 11 is 6.00. The predicted molar refractivity (Wildman–Crippen MR) is 79.1 cm³/mol. The lowest BCUT2D eigenvalue weighted by Gasteiger charge is -2.21. The second kappa shape index (κ2) is 6.84. The number of benzene rings is 2. The molecule has 0 heterocycles. The molecule has 0 saturated carbocycles. The second-order valence-electron chi connectivity index (χ2n) is 4.82. The molecule has 0 aliphatic carbocycles. The van der Waals surface area contributed by atoms with Crippen LogP contribution in [0.15, 0.2) is 48.5 Å². The van der Waals surface area contributed by atoms with Crippen molar-refractivity contribution in [2.75, 3.05) is 13.6 Å². The number of aliphatic hydroxyl groups is 1. The van der Waals surface area contributed by atoms with Gasteiger partial charge in [0.25, 0.3) is 0 Å². The summed E-state index contributed by atoms with van der Waals surface area (Å²) in [5.74, 6) is -0.321. The Bertz CT molecular complexity index is 541. The van der Waals surface area contributed by atoms with Crippen molar-refractivity contribution in [3.05, 3.63) is 70.5 Å². The number of likely N-dealkylation sites (N-methyl/N-ethyl adjacent to an activating group) is 1. The third-order valence-corrected chi connectivity index (χ3v) is 3.51. The van der Waals surface area contributed by atoms with Crippen LogP contribution in [0.4, 0.5) is 4.39 Å². The summed E-state index contributed by atoms with van der Waals surface area (Å²) in [5, 5.41) is 10.5. The Morgan fingerprint density at radius 2 is 1.85 bits per heavy atom. The summed E-state index contributed by atoms with van der Waals surface area (Å²) in [5.41, 5.74) is 1.30. The molecule has 2 aromatic rings. The van der Waals surface area contributed by atoms with Crippen molar-refractivity contribution >= 4 is 11.6 Å². The molecule has 0 unspecified atom stereocenters. The van der Waals surface area contributed by atoms with Crippen LogP contribution in [0.1, 0.15) is 17.2 Å². The van der Waals surface area contributed by atoms with Gasteiger partial charge in [-0.15, -0.1) is 0 Å². The lowest BCUT2D eigenvalue weighted by molar-refractivity contribution is 0.123. The molecule has 0 bridgehead atoms. The van der Waals surface area contributed by atoms with Gasteiger partial charge in [0.05, 0.1) is 6.10 Å². The molecule has 4 heteroatoms. The molecule has 0 fully saturated rings. The fourth-order valence-electron chi connectivity index (χ4n) is 2.09. The highest BCUT2D eigenvalue weighted by Gasteiger charge is 2.14. The lowest BCUT2D eigenvalue weighted by atomic mass is 10.1. The van der Waals surface area contributed by atoms with E-state index in [4.69, 9.17) is 11.6 Å². The molecule has 106 valence electrons. The van der Waals surface area contributed by atoms with Crippen LogP contribution in [-0.2, 0) is 6.54 Å². The number of hydrogen-bond acceptors (Lipinski definition) is 2. The first kappa shape index (κ1) is 15.0. The third kappa shape index (κ3) is 3.79. The molecular formula is C16H17ClFNO. The molecule has 2 aromatic carbocycles. The van der Waals surface area contributed by atoms with Crippen molar-refractivity contribution in [3.8, 4) is 0 Å². The van der Waals surface area contributed by atoms with E-state index in [9.17, 15) is 9.50 Å². The second-order valence-corrected chi connectivity index (χ2v) is 5.23. The zero-order valence-electron chi connectivity index (χ0n) is 11.3. The third-order valence-electron chi connectivity index (χ3n) is 3.16. The average Bonchev–Trinajstić information content (AvgIpc) is 2.44. The minimum Gasteiger partial charge on any atom is -0.387 e. The summed E-state index contributed by atoms with van der Waals surface area (Å²) in [6.07, 6.45) is -0.605. The largest absolute Gasteiger partial charge is 0.387 e. The first-order valence-corrected chi connectivity index (χ1v) is 6.80. The van der Waals surface area contributed by atoms with Crippen LogP contribution < -0.4 is 0 Å². The van der Waals surface area contributed by atoms with Gasteiger partial charge in [-0.3, -0.25) is 4.90 Å². The van der Waals surface area contributed by atoms with E-state index < -0.39 is 6.10 Å². The van der Waals surface area contributed by atoms with Gasteiger partial charge in [0.2, 0.25) is 0 Å². The SMILES string of the molecule is CN(Cc1c(F)cccc1Cl)C[C@@H](O)c1ccccc1. The Kier molecular flexibility index (Phi) is 5.12. The van der Waals surface area contributed by atoms with Crippen LogP contribution in [-0.4, -0.2) is 23.6 Å². The fourth-order valence-corrected chi connectivity index (χ4v) is 2.32. The Labute approximate surface area is 123 Å². The molecule has 2 rings (SSSR count). The van der Waals surface area contributed by atoms with Gasteiger partial charge >= 0.3 is 0 Å². The molecular weight excluding hydrogens is 277 g/mol. The smallest absolute Gasteiger partial charge is 0.129 e. The van der Waals surface area contributed by atoms with E-state index in [1.165, 1.54) is 6.07 Å². The summed E-state index contributed by atoms with van der Waals surface area (Å²) in [4.78, 5) is 1.85. The molecule has 0 aliphatic rings. The van der Waals surface area contributed by atoms with Crippen LogP contribution in [0, 0.1) is 5.82 Å². The summed E-state index contributed by atoms with van der Waals surface area (Å²) in [7, 11) is 1.83. The van der Waals surface area contributed by atoms with Crippen LogP contribution in [0.5, 0.6) is 0 Å². The van der Waals surface area contributed by atoms with Gasteiger partial charge in [-0.1, -0.05) is 48.0 Å². The minimum atomic E-state index is -0.605. The molecule has 1 N–H and O–H groups in total. The van der Waals surface area contributed by atoms with Crippen molar-refractivity contribution < 1.29 is 9.50 Å². The van der Waals surface area contributed by atoms with Crippen LogP contribution in [0.25, 0.3) is 0 Å². The molecule has 0 spiro atoms. The number of nitrogens with zero attached hydrogens (tertiary/aromatic N) is 1. The standard InChI is InChI=1S/C16H17ClFNO/c1-19(10-13-14(17)8-5-9-15(13)18)11-16(20)12-6-3-2-4-7-12/h2-9,16,20H,10-11H2,1H3/t16-/m1/s1. The number of hydrogen-bond donors (Lipinski definition) is 1. The van der Waals surface area contributed by atoms with Gasteiger partial charge in [-0.25, -0.2) is 4.39 Å². The van der Waals surface area contributed by atoms with Crippen molar-refractivity contribution in [2.45, 2.75) is 12.6 Å². The predicted octanol–water partition coefficient (Wildman–Crippen LogP) is 3.64. The van der Waals surface area contributed by atoms with Gasteiger partial charge < -0.3 is 5.11 Å². The van der Waals surface area contributed by atoms with Gasteiger partial charge in [0, 0.05) is 23.7 Å². The van der Waals surface area contributed by atoms with E-state index in [1.54, 1.807) is 12.1 Å². The summed E-state index contributed by atoms with van der Waals surface area (Å²) in [6.45, 7) is 0.768. The average molecular weight is 294 g/mol. The highest BCUT2D eigenvalue weighted by Crippen LogP contribution is 2.21. The zero-order valence-corrected chi connectivity index (χ0v) is 12.0. The Morgan fingerprint density at radius 1 is 1.15 bits per heavy atom. The Balaban J connectivity index is 2.01. The lowest BCUT2D eigenvalue weighted by Crippen LogP contribution is -2.24. The van der Waals surface area contributed by atoms with E-state index in [1.807, 2.05) is 42.3 Å². The van der Waals surface area contributed by atoms with Crippen LogP contribution in [0.3, 0.4) is 0 Å². The Hall–Kier alpha value is -1.42. The van der Waals surface area contributed by atoms with E-state index in [0.717, 1.165) is 5.56 Å². The van der Waals surface area contributed by atoms with Gasteiger partial charge in [-0.2, -0.15) is 0 Å². The van der Waals surface area contributed by atoms with Crippen molar-refractivity contribution in [2.24, 2.45) is 0 Å². The van der Waals surface area contributed by atoms with Gasteiger partial charge in [-0.05, 0) is 24.7 Å². The van der Waals surface area contributed by atoms with Gasteiger partial charge in [0.15, 0.2) is 0 Å². The molecule has 2 nitrogen and oxygen atoms in total. The quantitative estimate of drug-likeness (QED) is 0.910. The first-order chi connectivity index (χ1) is 9.58. The maximum absolute atomic E-state index is 13.7. The number of rotatable bonds is 5. The normalized spacial score (nSPS) is 12.7. The molecule has 0 saturated heterocycles. The fraction of sp³-hybridized carbons (Fsp3) is 0.250. The highest BCUT2D eigenvalue weighted by atomic mass is 35.5. The maximum atomic E-state index is 13.7. The van der Waals surface area contributed by atoms with Crippen LogP contribution >= 0.6 is 11.6 Å². The topological polar surface area (TPSA) is 23.5 Å². The monoisotopic (exact) mass is 293 g/mol. The van der Waals surface area contributed by atoms with E-state index in [-0.39, 0.29) is 5.82 Å². The molecule has 20 heavy (non-hydrogen) atoms. The molecule has 0 aromatic heterocycles. The summed E-state index contributed by atoms with van der Waals surface area (Å²) in [6, 6.07) is 14.0. The maximum Gasteiger partial charge on any atom is 0.129 e.